The van der Waals surface area contributed by atoms with Crippen LogP contribution in [0, 0.1) is 0 Å². The van der Waals surface area contributed by atoms with Crippen LogP contribution in [0.25, 0.3) is 11.1 Å². The molecular formula is C18H18N2O3S. The Balaban J connectivity index is 2.07. The second-order valence-electron chi connectivity index (χ2n) is 5.71. The lowest BCUT2D eigenvalue weighted by molar-refractivity contribution is 0.423. The molecule has 24 heavy (non-hydrogen) atoms. The van der Waals surface area contributed by atoms with Crippen molar-refractivity contribution in [2.75, 3.05) is 4.72 Å². The minimum Gasteiger partial charge on any atom is -0.337 e. The van der Waals surface area contributed by atoms with Crippen molar-refractivity contribution in [2.24, 2.45) is 0 Å². The number of rotatable bonds is 5. The summed E-state index contributed by atoms with van der Waals surface area (Å²) >= 11 is 0. The largest absolute Gasteiger partial charge is 0.337 e. The van der Waals surface area contributed by atoms with E-state index < -0.39 is 10.0 Å². The van der Waals surface area contributed by atoms with Crippen molar-refractivity contribution >= 4 is 15.9 Å². The van der Waals surface area contributed by atoms with Crippen molar-refractivity contribution in [1.29, 1.82) is 0 Å². The van der Waals surface area contributed by atoms with Crippen LogP contribution >= 0.6 is 0 Å². The number of nitrogens with one attached hydrogen (secondary N) is 1. The lowest BCUT2D eigenvalue weighted by Crippen LogP contribution is -2.13. The van der Waals surface area contributed by atoms with Gasteiger partial charge in [-0.25, -0.2) is 13.1 Å². The summed E-state index contributed by atoms with van der Waals surface area (Å²) in [6.07, 6.45) is 0. The van der Waals surface area contributed by atoms with Gasteiger partial charge in [0.25, 0.3) is 10.0 Å². The zero-order valence-electron chi connectivity index (χ0n) is 13.4. The number of hydrogen-bond donors (Lipinski definition) is 1. The molecule has 0 bridgehead atoms. The molecule has 3 aromatic rings. The number of nitrogens with zero attached hydrogens (tertiary/aromatic N) is 1. The molecule has 0 amide bonds. The van der Waals surface area contributed by atoms with Gasteiger partial charge in [0.1, 0.15) is 0 Å². The number of hydrogen-bond acceptors (Lipinski definition) is 4. The number of aromatic nitrogens is 1. The van der Waals surface area contributed by atoms with Crippen LogP contribution in [-0.2, 0) is 10.0 Å². The highest BCUT2D eigenvalue weighted by Gasteiger charge is 2.24. The summed E-state index contributed by atoms with van der Waals surface area (Å²) < 4.78 is 33.0. The van der Waals surface area contributed by atoms with E-state index in [0.717, 1.165) is 5.56 Å². The molecule has 6 heteroatoms. The Morgan fingerprint density at radius 1 is 0.958 bits per heavy atom. The van der Waals surface area contributed by atoms with E-state index in [0.29, 0.717) is 11.3 Å². The van der Waals surface area contributed by atoms with Gasteiger partial charge in [-0.1, -0.05) is 67.5 Å². The molecule has 5 nitrogen and oxygen atoms in total. The average molecular weight is 342 g/mol. The molecule has 0 aliphatic heterocycles. The summed E-state index contributed by atoms with van der Waals surface area (Å²) in [6, 6.07) is 17.7. The summed E-state index contributed by atoms with van der Waals surface area (Å²) in [6.45, 7) is 3.97. The molecule has 1 heterocycles. The molecule has 0 fully saturated rings. The lowest BCUT2D eigenvalue weighted by atomic mass is 9.99. The fraction of sp³-hybridized carbons (Fsp3) is 0.167. The normalized spacial score (nSPS) is 11.6. The summed E-state index contributed by atoms with van der Waals surface area (Å²) in [4.78, 5) is 0.173. The maximum Gasteiger partial charge on any atom is 0.264 e. The van der Waals surface area contributed by atoms with Crippen LogP contribution in [-0.4, -0.2) is 13.6 Å². The van der Waals surface area contributed by atoms with Gasteiger partial charge in [-0.2, -0.15) is 0 Å². The van der Waals surface area contributed by atoms with Crippen LogP contribution in [0.1, 0.15) is 25.5 Å². The Labute approximate surface area is 141 Å². The average Bonchev–Trinajstić information content (AvgIpc) is 2.99. The van der Waals surface area contributed by atoms with Gasteiger partial charge < -0.3 is 4.52 Å². The first-order valence-electron chi connectivity index (χ1n) is 7.62. The Morgan fingerprint density at radius 2 is 1.54 bits per heavy atom. The molecule has 0 saturated heterocycles. The van der Waals surface area contributed by atoms with E-state index in [9.17, 15) is 8.42 Å². The van der Waals surface area contributed by atoms with Crippen molar-refractivity contribution in [3.8, 4) is 11.1 Å². The predicted molar refractivity (Wildman–Crippen MR) is 93.3 cm³/mol. The van der Waals surface area contributed by atoms with Crippen LogP contribution < -0.4 is 4.72 Å². The molecule has 0 spiro atoms. The van der Waals surface area contributed by atoms with Crippen LogP contribution in [0.15, 0.2) is 70.1 Å². The van der Waals surface area contributed by atoms with E-state index in [4.69, 9.17) is 4.52 Å². The molecule has 0 unspecified atom stereocenters. The molecule has 124 valence electrons. The van der Waals surface area contributed by atoms with Gasteiger partial charge in [0.05, 0.1) is 16.2 Å². The van der Waals surface area contributed by atoms with Crippen molar-refractivity contribution in [1.82, 2.24) is 5.16 Å². The Morgan fingerprint density at radius 3 is 2.12 bits per heavy atom. The van der Waals surface area contributed by atoms with E-state index in [-0.39, 0.29) is 16.7 Å². The highest BCUT2D eigenvalue weighted by atomic mass is 32.2. The maximum atomic E-state index is 12.6. The van der Waals surface area contributed by atoms with E-state index in [2.05, 4.69) is 9.88 Å². The molecule has 0 saturated carbocycles. The third-order valence-electron chi connectivity index (χ3n) is 3.61. The summed E-state index contributed by atoms with van der Waals surface area (Å²) in [5.41, 5.74) is 2.24. The molecule has 0 radical (unpaired) electrons. The van der Waals surface area contributed by atoms with Crippen molar-refractivity contribution in [3.05, 3.63) is 66.4 Å². The molecule has 1 N–H and O–H groups in total. The third-order valence-corrected chi connectivity index (χ3v) is 4.96. The maximum absolute atomic E-state index is 12.6. The molecular weight excluding hydrogens is 324 g/mol. The standard InChI is InChI=1S/C18H18N2O3S/c1-13(2)17-16(14-9-5-3-6-10-14)18(23-19-17)20-24(21,22)15-11-7-4-8-12-15/h3-13,20H,1-2H3. The molecule has 2 aromatic carbocycles. The molecule has 0 atom stereocenters. The number of sulfonamides is 1. The second-order valence-corrected chi connectivity index (χ2v) is 7.39. The summed E-state index contributed by atoms with van der Waals surface area (Å²) in [7, 11) is -3.74. The monoisotopic (exact) mass is 342 g/mol. The minimum absolute atomic E-state index is 0.0962. The van der Waals surface area contributed by atoms with Gasteiger partial charge in [0.2, 0.25) is 5.88 Å². The van der Waals surface area contributed by atoms with Crippen molar-refractivity contribution in [2.45, 2.75) is 24.7 Å². The van der Waals surface area contributed by atoms with Crippen molar-refractivity contribution < 1.29 is 12.9 Å². The Kier molecular flexibility index (Phi) is 4.40. The van der Waals surface area contributed by atoms with Crippen LogP contribution in [0.5, 0.6) is 0 Å². The first-order valence-corrected chi connectivity index (χ1v) is 9.10. The van der Waals surface area contributed by atoms with Gasteiger partial charge in [0, 0.05) is 0 Å². The molecule has 0 aliphatic carbocycles. The smallest absolute Gasteiger partial charge is 0.264 e. The SMILES string of the molecule is CC(C)c1noc(NS(=O)(=O)c2ccccc2)c1-c1ccccc1. The number of benzene rings is 2. The topological polar surface area (TPSA) is 72.2 Å². The van der Waals surface area contributed by atoms with Crippen molar-refractivity contribution in [3.63, 3.8) is 0 Å². The first kappa shape index (κ1) is 16.3. The van der Waals surface area contributed by atoms with E-state index in [1.165, 1.54) is 12.1 Å². The van der Waals surface area contributed by atoms with E-state index >= 15 is 0 Å². The summed E-state index contributed by atoms with van der Waals surface area (Å²) in [5.74, 6) is 0.229. The zero-order chi connectivity index (χ0) is 17.2. The fourth-order valence-corrected chi connectivity index (χ4v) is 3.45. The third kappa shape index (κ3) is 3.19. The van der Waals surface area contributed by atoms with Gasteiger partial charge in [-0.15, -0.1) is 0 Å². The Hall–Kier alpha value is -2.60. The van der Waals surface area contributed by atoms with Gasteiger partial charge in [-0.05, 0) is 23.6 Å². The number of anilines is 1. The molecule has 3 rings (SSSR count). The van der Waals surface area contributed by atoms with E-state index in [1.54, 1.807) is 18.2 Å². The first-order chi connectivity index (χ1) is 11.5. The van der Waals surface area contributed by atoms with Crippen LogP contribution in [0.2, 0.25) is 0 Å². The quantitative estimate of drug-likeness (QED) is 0.752. The van der Waals surface area contributed by atoms with Crippen LogP contribution in [0.4, 0.5) is 5.88 Å². The lowest BCUT2D eigenvalue weighted by Gasteiger charge is -2.09. The van der Waals surface area contributed by atoms with Gasteiger partial charge in [0.15, 0.2) is 0 Å². The fourth-order valence-electron chi connectivity index (χ4n) is 2.43. The minimum atomic E-state index is -3.74. The Bertz CT molecular complexity index is 917. The van der Waals surface area contributed by atoms with E-state index in [1.807, 2.05) is 44.2 Å². The molecule has 0 aliphatic rings. The van der Waals surface area contributed by atoms with Gasteiger partial charge in [-0.3, -0.25) is 0 Å². The van der Waals surface area contributed by atoms with Crippen LogP contribution in [0.3, 0.4) is 0 Å². The zero-order valence-corrected chi connectivity index (χ0v) is 14.2. The predicted octanol–water partition coefficient (Wildman–Crippen LogP) is 4.27. The molecule has 1 aromatic heterocycles. The highest BCUT2D eigenvalue weighted by Crippen LogP contribution is 2.36. The summed E-state index contributed by atoms with van der Waals surface area (Å²) in [5, 5.41) is 4.07. The highest BCUT2D eigenvalue weighted by molar-refractivity contribution is 7.92. The second kappa shape index (κ2) is 6.49. The van der Waals surface area contributed by atoms with Gasteiger partial charge >= 0.3 is 0 Å².